The van der Waals surface area contributed by atoms with Crippen molar-refractivity contribution in [3.8, 4) is 5.69 Å². The lowest BCUT2D eigenvalue weighted by atomic mass is 9.98. The van der Waals surface area contributed by atoms with E-state index in [0.29, 0.717) is 35.7 Å². The predicted molar refractivity (Wildman–Crippen MR) is 135 cm³/mol. The van der Waals surface area contributed by atoms with Crippen LogP contribution in [0, 0.1) is 12.8 Å². The van der Waals surface area contributed by atoms with Crippen LogP contribution in [0.2, 0.25) is 5.02 Å². The van der Waals surface area contributed by atoms with Crippen LogP contribution in [0.1, 0.15) is 41.4 Å². The molecule has 1 aliphatic heterocycles. The number of halogens is 1. The SMILES string of the molecule is CCOC(=O)[C@@H]1CCCN(C(=O)c2nn(-c3cccc(C)c3)c(=O)n(Cc3ccccc3Cl)c2=O)C1. The molecule has 2 aromatic carbocycles. The molecule has 36 heavy (non-hydrogen) atoms. The molecule has 9 nitrogen and oxygen atoms in total. The summed E-state index contributed by atoms with van der Waals surface area (Å²) in [6.07, 6.45) is 1.18. The number of hydrogen-bond acceptors (Lipinski definition) is 6. The molecule has 0 bridgehead atoms. The second-order valence-corrected chi connectivity index (χ2v) is 9.11. The minimum Gasteiger partial charge on any atom is -0.466 e. The maximum absolute atomic E-state index is 13.5. The minimum atomic E-state index is -0.813. The second-order valence-electron chi connectivity index (χ2n) is 8.71. The number of aryl methyl sites for hydroxylation is 1. The average Bonchev–Trinajstić information content (AvgIpc) is 2.87. The number of benzene rings is 2. The van der Waals surface area contributed by atoms with E-state index in [0.717, 1.165) is 14.8 Å². The fourth-order valence-corrected chi connectivity index (χ4v) is 4.47. The van der Waals surface area contributed by atoms with Crippen LogP contribution in [0.4, 0.5) is 0 Å². The van der Waals surface area contributed by atoms with E-state index in [-0.39, 0.29) is 25.7 Å². The lowest BCUT2D eigenvalue weighted by Gasteiger charge is -2.31. The quantitative estimate of drug-likeness (QED) is 0.472. The average molecular weight is 511 g/mol. The molecule has 4 rings (SSSR count). The number of ether oxygens (including phenoxy) is 1. The van der Waals surface area contributed by atoms with Gasteiger partial charge in [-0.3, -0.25) is 19.0 Å². The van der Waals surface area contributed by atoms with Crippen LogP contribution in [0.25, 0.3) is 5.69 Å². The molecular weight excluding hydrogens is 484 g/mol. The van der Waals surface area contributed by atoms with Gasteiger partial charge in [-0.1, -0.05) is 41.9 Å². The third kappa shape index (κ3) is 5.26. The summed E-state index contributed by atoms with van der Waals surface area (Å²) >= 11 is 6.29. The van der Waals surface area contributed by atoms with E-state index in [2.05, 4.69) is 5.10 Å². The number of carbonyl (C=O) groups is 2. The highest BCUT2D eigenvalue weighted by atomic mass is 35.5. The van der Waals surface area contributed by atoms with Crippen molar-refractivity contribution < 1.29 is 14.3 Å². The maximum Gasteiger partial charge on any atom is 0.352 e. The van der Waals surface area contributed by atoms with Gasteiger partial charge in [0.25, 0.3) is 11.5 Å². The number of nitrogens with zero attached hydrogens (tertiary/aromatic N) is 4. The van der Waals surface area contributed by atoms with Gasteiger partial charge in [0.15, 0.2) is 0 Å². The van der Waals surface area contributed by atoms with E-state index >= 15 is 0 Å². The van der Waals surface area contributed by atoms with E-state index in [1.807, 2.05) is 13.0 Å². The first-order valence-corrected chi connectivity index (χ1v) is 12.2. The molecule has 1 aromatic heterocycles. The Bertz CT molecular complexity index is 1410. The highest BCUT2D eigenvalue weighted by molar-refractivity contribution is 6.31. The van der Waals surface area contributed by atoms with Gasteiger partial charge in [-0.2, -0.15) is 9.78 Å². The zero-order valence-corrected chi connectivity index (χ0v) is 20.9. The maximum atomic E-state index is 13.5. The van der Waals surface area contributed by atoms with Crippen molar-refractivity contribution in [2.24, 2.45) is 5.92 Å². The molecular formula is C26H27ClN4O5. The van der Waals surface area contributed by atoms with Gasteiger partial charge in [0.2, 0.25) is 5.69 Å². The van der Waals surface area contributed by atoms with Crippen molar-refractivity contribution in [3.63, 3.8) is 0 Å². The highest BCUT2D eigenvalue weighted by Gasteiger charge is 2.32. The molecule has 1 atom stereocenters. The Morgan fingerprint density at radius 3 is 2.64 bits per heavy atom. The van der Waals surface area contributed by atoms with Crippen molar-refractivity contribution in [2.75, 3.05) is 19.7 Å². The summed E-state index contributed by atoms with van der Waals surface area (Å²) in [5.74, 6) is -1.48. The summed E-state index contributed by atoms with van der Waals surface area (Å²) in [6, 6.07) is 13.9. The Balaban J connectivity index is 1.80. The van der Waals surface area contributed by atoms with Gasteiger partial charge >= 0.3 is 11.7 Å². The van der Waals surface area contributed by atoms with Crippen molar-refractivity contribution in [1.82, 2.24) is 19.2 Å². The van der Waals surface area contributed by atoms with Gasteiger partial charge in [0, 0.05) is 18.1 Å². The van der Waals surface area contributed by atoms with Crippen LogP contribution in [0.15, 0.2) is 58.1 Å². The van der Waals surface area contributed by atoms with Gasteiger partial charge < -0.3 is 9.64 Å². The zero-order chi connectivity index (χ0) is 25.8. The molecule has 1 saturated heterocycles. The number of esters is 1. The summed E-state index contributed by atoms with van der Waals surface area (Å²) in [5, 5.41) is 4.61. The van der Waals surface area contributed by atoms with Crippen LogP contribution < -0.4 is 11.2 Å². The Kier molecular flexibility index (Phi) is 7.69. The third-order valence-electron chi connectivity index (χ3n) is 6.12. The monoisotopic (exact) mass is 510 g/mol. The molecule has 188 valence electrons. The van der Waals surface area contributed by atoms with E-state index in [4.69, 9.17) is 16.3 Å². The molecule has 0 N–H and O–H groups in total. The lowest BCUT2D eigenvalue weighted by Crippen LogP contribution is -2.49. The van der Waals surface area contributed by atoms with Gasteiger partial charge in [0.1, 0.15) is 0 Å². The fourth-order valence-electron chi connectivity index (χ4n) is 4.28. The number of aromatic nitrogens is 3. The number of likely N-dealkylation sites (tertiary alicyclic amines) is 1. The van der Waals surface area contributed by atoms with Crippen LogP contribution in [0.3, 0.4) is 0 Å². The van der Waals surface area contributed by atoms with Crippen molar-refractivity contribution in [2.45, 2.75) is 33.2 Å². The molecule has 0 spiro atoms. The number of amides is 1. The van der Waals surface area contributed by atoms with Crippen LogP contribution in [-0.2, 0) is 16.1 Å². The van der Waals surface area contributed by atoms with Crippen molar-refractivity contribution in [3.05, 3.63) is 91.2 Å². The predicted octanol–water partition coefficient (Wildman–Crippen LogP) is 2.82. The van der Waals surface area contributed by atoms with E-state index in [9.17, 15) is 19.2 Å². The third-order valence-corrected chi connectivity index (χ3v) is 6.49. The first-order valence-electron chi connectivity index (χ1n) is 11.8. The van der Waals surface area contributed by atoms with E-state index in [1.165, 1.54) is 4.90 Å². The number of carbonyl (C=O) groups excluding carboxylic acids is 2. The molecule has 0 saturated carbocycles. The van der Waals surface area contributed by atoms with Gasteiger partial charge in [0.05, 0.1) is 24.8 Å². The smallest absolute Gasteiger partial charge is 0.352 e. The van der Waals surface area contributed by atoms with Crippen LogP contribution in [-0.4, -0.2) is 50.8 Å². The summed E-state index contributed by atoms with van der Waals surface area (Å²) in [7, 11) is 0. The second kappa shape index (κ2) is 10.9. The van der Waals surface area contributed by atoms with Gasteiger partial charge in [-0.15, -0.1) is 0 Å². The summed E-state index contributed by atoms with van der Waals surface area (Å²) in [6.45, 7) is 4.19. The molecule has 0 aliphatic carbocycles. The molecule has 1 fully saturated rings. The Hall–Kier alpha value is -3.72. The number of piperidine rings is 1. The number of hydrogen-bond donors (Lipinski definition) is 0. The summed E-state index contributed by atoms with van der Waals surface area (Å²) < 4.78 is 7.15. The first-order chi connectivity index (χ1) is 17.3. The molecule has 1 aliphatic rings. The normalized spacial score (nSPS) is 15.5. The van der Waals surface area contributed by atoms with Crippen LogP contribution >= 0.6 is 11.6 Å². The van der Waals surface area contributed by atoms with Gasteiger partial charge in [-0.05, 0) is 56.0 Å². The van der Waals surface area contributed by atoms with Gasteiger partial charge in [-0.25, -0.2) is 4.79 Å². The standard InChI is InChI=1S/C26H27ClN4O5/c1-3-36-25(34)19-10-7-13-29(15-19)23(32)22-24(33)30(16-18-9-4-5-12-21(18)27)26(35)31(28-22)20-11-6-8-17(2)14-20/h4-6,8-9,11-12,14,19H,3,7,10,13,15-16H2,1-2H3/t19-/m1/s1. The highest BCUT2D eigenvalue weighted by Crippen LogP contribution is 2.19. The molecule has 10 heteroatoms. The molecule has 1 amide bonds. The zero-order valence-electron chi connectivity index (χ0n) is 20.1. The number of rotatable bonds is 6. The minimum absolute atomic E-state index is 0.118. The largest absolute Gasteiger partial charge is 0.466 e. The van der Waals surface area contributed by atoms with Crippen LogP contribution in [0.5, 0.6) is 0 Å². The molecule has 0 radical (unpaired) electrons. The van der Waals surface area contributed by atoms with E-state index < -0.39 is 28.8 Å². The summed E-state index contributed by atoms with van der Waals surface area (Å²) in [5.41, 5.74) is -0.0415. The Labute approximate surface area is 212 Å². The topological polar surface area (TPSA) is 104 Å². The molecule has 3 aromatic rings. The molecule has 0 unspecified atom stereocenters. The molecule has 2 heterocycles. The Morgan fingerprint density at radius 2 is 1.92 bits per heavy atom. The van der Waals surface area contributed by atoms with Crippen molar-refractivity contribution in [1.29, 1.82) is 0 Å². The first kappa shape index (κ1) is 25.4. The lowest BCUT2D eigenvalue weighted by molar-refractivity contribution is -0.149. The Morgan fingerprint density at radius 1 is 1.14 bits per heavy atom. The fraction of sp³-hybridized carbons (Fsp3) is 0.346. The van der Waals surface area contributed by atoms with Crippen molar-refractivity contribution >= 4 is 23.5 Å². The summed E-state index contributed by atoms with van der Waals surface area (Å²) in [4.78, 5) is 54.1. The van der Waals surface area contributed by atoms with E-state index in [1.54, 1.807) is 49.4 Å².